The third kappa shape index (κ3) is 2.33. The molecule has 0 radical (unpaired) electrons. The maximum atomic E-state index is 12.0. The van der Waals surface area contributed by atoms with Crippen LogP contribution in [0.5, 0.6) is 0 Å². The van der Waals surface area contributed by atoms with Crippen molar-refractivity contribution in [3.05, 3.63) is 0 Å². The van der Waals surface area contributed by atoms with Crippen LogP contribution in [-0.2, 0) is 14.4 Å². The summed E-state index contributed by atoms with van der Waals surface area (Å²) in [4.78, 5) is 36.0. The number of rotatable bonds is 4. The number of aliphatic carboxylic acids is 1. The van der Waals surface area contributed by atoms with E-state index in [2.05, 4.69) is 0 Å². The number of carboxylic acid groups (broad SMARTS) is 1. The van der Waals surface area contributed by atoms with Gasteiger partial charge in [-0.05, 0) is 5.92 Å². The number of carbonyl (C=O) groups excluding carboxylic acids is 2. The van der Waals surface area contributed by atoms with Crippen molar-refractivity contribution >= 4 is 17.8 Å². The Kier molecular flexibility index (Phi) is 3.59. The molecule has 1 heterocycles. The van der Waals surface area contributed by atoms with Gasteiger partial charge in [0.1, 0.15) is 6.04 Å². The molecule has 1 fully saturated rings. The van der Waals surface area contributed by atoms with Crippen LogP contribution in [0.3, 0.4) is 0 Å². The minimum Gasteiger partial charge on any atom is -0.480 e. The number of hydrogen-bond donors (Lipinski definition) is 1. The lowest BCUT2D eigenvalue weighted by Crippen LogP contribution is -2.49. The Morgan fingerprint density at radius 1 is 1.47 bits per heavy atom. The number of carboxylic acids is 1. The minimum absolute atomic E-state index is 0.0893. The second-order valence-corrected chi connectivity index (χ2v) is 5.30. The van der Waals surface area contributed by atoms with Crippen LogP contribution in [0, 0.1) is 11.3 Å². The summed E-state index contributed by atoms with van der Waals surface area (Å²) < 4.78 is 0. The predicted molar refractivity (Wildman–Crippen MR) is 61.1 cm³/mol. The second-order valence-electron chi connectivity index (χ2n) is 5.30. The van der Waals surface area contributed by atoms with Crippen LogP contribution in [-0.4, -0.2) is 33.8 Å². The maximum Gasteiger partial charge on any atom is 0.327 e. The molecular weight excluding hydrogens is 222 g/mol. The van der Waals surface area contributed by atoms with E-state index < -0.39 is 17.4 Å². The van der Waals surface area contributed by atoms with Crippen molar-refractivity contribution in [3.63, 3.8) is 0 Å². The zero-order valence-corrected chi connectivity index (χ0v) is 10.7. The van der Waals surface area contributed by atoms with Gasteiger partial charge in [-0.15, -0.1) is 0 Å². The number of hydrogen-bond acceptors (Lipinski definition) is 3. The fraction of sp³-hybridized carbons (Fsp3) is 0.750. The molecule has 5 heteroatoms. The van der Waals surface area contributed by atoms with Crippen molar-refractivity contribution < 1.29 is 19.5 Å². The van der Waals surface area contributed by atoms with E-state index in [4.69, 9.17) is 0 Å². The number of amides is 2. The van der Waals surface area contributed by atoms with Crippen molar-refractivity contribution in [1.82, 2.24) is 4.90 Å². The van der Waals surface area contributed by atoms with Crippen LogP contribution in [0.2, 0.25) is 0 Å². The van der Waals surface area contributed by atoms with Crippen molar-refractivity contribution in [2.24, 2.45) is 11.3 Å². The summed E-state index contributed by atoms with van der Waals surface area (Å²) in [6, 6.07) is -1.04. The van der Waals surface area contributed by atoms with E-state index in [1.54, 1.807) is 20.8 Å². The van der Waals surface area contributed by atoms with Crippen molar-refractivity contribution in [3.8, 4) is 0 Å². The first-order chi connectivity index (χ1) is 7.72. The molecule has 5 nitrogen and oxygen atoms in total. The average Bonchev–Trinajstić information content (AvgIpc) is 2.40. The van der Waals surface area contributed by atoms with Crippen LogP contribution < -0.4 is 0 Å². The van der Waals surface area contributed by atoms with Gasteiger partial charge in [0.05, 0.1) is 5.41 Å². The van der Waals surface area contributed by atoms with Gasteiger partial charge in [-0.1, -0.05) is 34.1 Å². The Hall–Kier alpha value is -1.39. The molecule has 2 unspecified atom stereocenters. The Bertz CT molecular complexity index is 362. The Morgan fingerprint density at radius 2 is 2.00 bits per heavy atom. The molecule has 1 N–H and O–H groups in total. The highest BCUT2D eigenvalue weighted by atomic mass is 16.4. The molecule has 96 valence electrons. The third-order valence-corrected chi connectivity index (χ3v) is 3.37. The Morgan fingerprint density at radius 3 is 2.29 bits per heavy atom. The lowest BCUT2D eigenvalue weighted by molar-refractivity contribution is -0.157. The summed E-state index contributed by atoms with van der Waals surface area (Å²) in [5, 5.41) is 9.19. The van der Waals surface area contributed by atoms with Crippen molar-refractivity contribution in [2.45, 2.75) is 46.6 Å². The number of nitrogens with zero attached hydrogens (tertiary/aromatic N) is 1. The molecular formula is C12H19NO4. The molecule has 2 amide bonds. The van der Waals surface area contributed by atoms with E-state index in [0.717, 1.165) is 4.90 Å². The lowest BCUT2D eigenvalue weighted by Gasteiger charge is -2.28. The van der Waals surface area contributed by atoms with Crippen LogP contribution in [0.15, 0.2) is 0 Å². The van der Waals surface area contributed by atoms with Gasteiger partial charge in [0.2, 0.25) is 11.8 Å². The third-order valence-electron chi connectivity index (χ3n) is 3.37. The normalized spacial score (nSPS) is 22.7. The van der Waals surface area contributed by atoms with Crippen LogP contribution in [0.4, 0.5) is 0 Å². The molecule has 1 saturated heterocycles. The van der Waals surface area contributed by atoms with E-state index in [0.29, 0.717) is 6.42 Å². The zero-order chi connectivity index (χ0) is 13.4. The molecule has 0 aliphatic carbocycles. The number of imide groups is 1. The van der Waals surface area contributed by atoms with Crippen LogP contribution >= 0.6 is 0 Å². The SMILES string of the molecule is CCC(C)C(C(=O)O)N1C(=O)CC(C)(C)C1=O. The molecule has 0 aromatic carbocycles. The van der Waals surface area contributed by atoms with Gasteiger partial charge < -0.3 is 5.11 Å². The van der Waals surface area contributed by atoms with Gasteiger partial charge in [0, 0.05) is 6.42 Å². The molecule has 17 heavy (non-hydrogen) atoms. The van der Waals surface area contributed by atoms with Crippen LogP contribution in [0.1, 0.15) is 40.5 Å². The lowest BCUT2D eigenvalue weighted by atomic mass is 9.91. The summed E-state index contributed by atoms with van der Waals surface area (Å²) in [6.07, 6.45) is 0.695. The molecule has 0 saturated carbocycles. The van der Waals surface area contributed by atoms with Gasteiger partial charge in [-0.2, -0.15) is 0 Å². The Labute approximate surface area is 101 Å². The van der Waals surface area contributed by atoms with Gasteiger partial charge in [-0.3, -0.25) is 14.5 Å². The average molecular weight is 241 g/mol. The summed E-state index contributed by atoms with van der Waals surface area (Å²) in [7, 11) is 0. The molecule has 0 aromatic rings. The highest BCUT2D eigenvalue weighted by molar-refractivity contribution is 6.08. The number of carbonyl (C=O) groups is 3. The fourth-order valence-corrected chi connectivity index (χ4v) is 2.09. The highest BCUT2D eigenvalue weighted by Crippen LogP contribution is 2.34. The molecule has 0 spiro atoms. The molecule has 0 bridgehead atoms. The van der Waals surface area contributed by atoms with Crippen LogP contribution in [0.25, 0.3) is 0 Å². The topological polar surface area (TPSA) is 74.7 Å². The van der Waals surface area contributed by atoms with Gasteiger partial charge in [0.25, 0.3) is 0 Å². The standard InChI is InChI=1S/C12H19NO4/c1-5-7(2)9(10(15)16)13-8(14)6-12(3,4)11(13)17/h7,9H,5-6H2,1-4H3,(H,15,16). The van der Waals surface area contributed by atoms with E-state index in [9.17, 15) is 19.5 Å². The first kappa shape index (κ1) is 13.7. The van der Waals surface area contributed by atoms with E-state index in [-0.39, 0.29) is 24.2 Å². The largest absolute Gasteiger partial charge is 0.480 e. The molecule has 1 aliphatic heterocycles. The zero-order valence-electron chi connectivity index (χ0n) is 10.7. The monoisotopic (exact) mass is 241 g/mol. The van der Waals surface area contributed by atoms with Crippen molar-refractivity contribution in [1.29, 1.82) is 0 Å². The highest BCUT2D eigenvalue weighted by Gasteiger charge is 2.50. The van der Waals surface area contributed by atoms with Gasteiger partial charge in [-0.25, -0.2) is 4.79 Å². The summed E-state index contributed by atoms with van der Waals surface area (Å²) in [5.41, 5.74) is -0.780. The maximum absolute atomic E-state index is 12.0. The fourth-order valence-electron chi connectivity index (χ4n) is 2.09. The van der Waals surface area contributed by atoms with Gasteiger partial charge in [0.15, 0.2) is 0 Å². The van der Waals surface area contributed by atoms with E-state index in [1.165, 1.54) is 0 Å². The second kappa shape index (κ2) is 4.47. The predicted octanol–water partition coefficient (Wildman–Crippen LogP) is 1.27. The molecule has 1 aliphatic rings. The van der Waals surface area contributed by atoms with E-state index >= 15 is 0 Å². The first-order valence-electron chi connectivity index (χ1n) is 5.81. The quantitative estimate of drug-likeness (QED) is 0.752. The smallest absolute Gasteiger partial charge is 0.327 e. The van der Waals surface area contributed by atoms with E-state index in [1.807, 2.05) is 6.92 Å². The molecule has 0 aromatic heterocycles. The molecule has 2 atom stereocenters. The summed E-state index contributed by atoms with van der Waals surface area (Å²) in [5.74, 6) is -2.11. The minimum atomic E-state index is -1.11. The van der Waals surface area contributed by atoms with Gasteiger partial charge >= 0.3 is 5.97 Å². The summed E-state index contributed by atoms with van der Waals surface area (Å²) in [6.45, 7) is 6.92. The Balaban J connectivity index is 3.08. The first-order valence-corrected chi connectivity index (χ1v) is 5.81. The summed E-state index contributed by atoms with van der Waals surface area (Å²) >= 11 is 0. The molecule has 1 rings (SSSR count). The van der Waals surface area contributed by atoms with Crippen molar-refractivity contribution in [2.75, 3.05) is 0 Å². The number of likely N-dealkylation sites (tertiary alicyclic amines) is 1.